The molecule has 6 rings (SSSR count). The second-order valence-corrected chi connectivity index (χ2v) is 10.0. The van der Waals surface area contributed by atoms with Crippen molar-refractivity contribution in [2.45, 2.75) is 44.6 Å². The summed E-state index contributed by atoms with van der Waals surface area (Å²) in [5, 5.41) is 4.65. The van der Waals surface area contributed by atoms with Gasteiger partial charge >= 0.3 is 6.09 Å². The molecule has 40 heavy (non-hydrogen) atoms. The van der Waals surface area contributed by atoms with Crippen LogP contribution < -0.4 is 10.1 Å². The van der Waals surface area contributed by atoms with Crippen LogP contribution in [0.1, 0.15) is 38.5 Å². The van der Waals surface area contributed by atoms with Crippen LogP contribution in [0.5, 0.6) is 5.75 Å². The van der Waals surface area contributed by atoms with Crippen LogP contribution in [-0.2, 0) is 14.3 Å². The summed E-state index contributed by atoms with van der Waals surface area (Å²) in [6.07, 6.45) is 5.43. The second kappa shape index (κ2) is 10.8. The molecule has 2 aromatic carbocycles. The summed E-state index contributed by atoms with van der Waals surface area (Å²) in [4.78, 5) is 47.1. The minimum absolute atomic E-state index is 0.0940. The number of fused-ring (bicyclic) bond motifs is 3. The van der Waals surface area contributed by atoms with Crippen LogP contribution >= 0.6 is 0 Å². The molecule has 202 valence electrons. The number of hydrogen-bond donors (Lipinski definition) is 2. The van der Waals surface area contributed by atoms with Gasteiger partial charge in [-0.15, -0.1) is 0 Å². The molecule has 0 bridgehead atoms. The van der Waals surface area contributed by atoms with E-state index >= 15 is 0 Å². The maximum Gasteiger partial charge on any atom is 0.413 e. The quantitative estimate of drug-likeness (QED) is 0.285. The highest BCUT2D eigenvalue weighted by atomic mass is 16.6. The molecule has 2 heterocycles. The van der Waals surface area contributed by atoms with Crippen molar-refractivity contribution >= 4 is 45.3 Å². The lowest BCUT2D eigenvalue weighted by molar-refractivity contribution is -0.117. The van der Waals surface area contributed by atoms with E-state index in [0.717, 1.165) is 46.0 Å². The maximum absolute atomic E-state index is 13.3. The van der Waals surface area contributed by atoms with Gasteiger partial charge in [-0.05, 0) is 62.1 Å². The molecule has 2 N–H and O–H groups in total. The fraction of sp³-hybridized carbons (Fsp3) is 0.250. The average molecular weight is 536 g/mol. The van der Waals surface area contributed by atoms with Gasteiger partial charge in [0.15, 0.2) is 17.7 Å². The Morgan fingerprint density at radius 1 is 0.925 bits per heavy atom. The molecule has 2 aromatic heterocycles. The fourth-order valence-corrected chi connectivity index (χ4v) is 5.47. The van der Waals surface area contributed by atoms with Gasteiger partial charge in [0.05, 0.1) is 18.3 Å². The molecule has 0 spiro atoms. The number of ketones is 2. The number of amides is 1. The molecular formula is C32H29N3O5. The number of anilines is 1. The Hall–Kier alpha value is -4.72. The number of ether oxygens (including phenoxy) is 2. The molecule has 0 radical (unpaired) electrons. The first-order valence-electron chi connectivity index (χ1n) is 13.5. The van der Waals surface area contributed by atoms with Crippen LogP contribution in [0.25, 0.3) is 33.1 Å². The molecule has 1 amide bonds. The highest BCUT2D eigenvalue weighted by Crippen LogP contribution is 2.35. The van der Waals surface area contributed by atoms with Gasteiger partial charge in [-0.3, -0.25) is 14.9 Å². The van der Waals surface area contributed by atoms with Crippen molar-refractivity contribution in [1.29, 1.82) is 0 Å². The van der Waals surface area contributed by atoms with E-state index in [1.807, 2.05) is 48.5 Å². The van der Waals surface area contributed by atoms with E-state index in [1.54, 1.807) is 25.3 Å². The molecule has 0 saturated carbocycles. The highest BCUT2D eigenvalue weighted by molar-refractivity contribution is 6.12. The third kappa shape index (κ3) is 4.88. The number of aromatic nitrogens is 2. The second-order valence-electron chi connectivity index (χ2n) is 10.0. The average Bonchev–Trinajstić information content (AvgIpc) is 3.35. The first-order chi connectivity index (χ1) is 19.5. The van der Waals surface area contributed by atoms with Gasteiger partial charge in [0, 0.05) is 45.8 Å². The lowest BCUT2D eigenvalue weighted by Gasteiger charge is -2.26. The van der Waals surface area contributed by atoms with E-state index in [2.05, 4.69) is 10.3 Å². The van der Waals surface area contributed by atoms with E-state index in [4.69, 9.17) is 14.5 Å². The Labute approximate surface area is 231 Å². The molecule has 0 atom stereocenters. The van der Waals surface area contributed by atoms with Crippen molar-refractivity contribution in [1.82, 2.24) is 9.97 Å². The number of pyridine rings is 1. The third-order valence-electron chi connectivity index (χ3n) is 7.47. The molecule has 0 fully saturated rings. The molecule has 8 nitrogen and oxygen atoms in total. The van der Waals surface area contributed by atoms with Crippen LogP contribution in [-0.4, -0.2) is 40.8 Å². The SMILES string of the molecule is COc1ccc(-c2nc(NC(=O)OC(C3=CCCCC3=O)C3=CCCCC3=O)cc3c2[nH]c2ccccc23)cc1. The number of methoxy groups -OCH3 is 1. The van der Waals surface area contributed by atoms with Crippen molar-refractivity contribution < 1.29 is 23.9 Å². The summed E-state index contributed by atoms with van der Waals surface area (Å²) in [5.74, 6) is 0.824. The van der Waals surface area contributed by atoms with E-state index in [9.17, 15) is 14.4 Å². The zero-order valence-corrected chi connectivity index (χ0v) is 22.2. The van der Waals surface area contributed by atoms with Gasteiger partial charge in [-0.1, -0.05) is 30.4 Å². The smallest absolute Gasteiger partial charge is 0.413 e. The van der Waals surface area contributed by atoms with Gasteiger partial charge in [0.1, 0.15) is 11.6 Å². The Kier molecular flexibility index (Phi) is 6.90. The number of Topliss-reactive ketones (excluding diaryl/α,β-unsaturated/α-hetero) is 2. The Morgan fingerprint density at radius 3 is 2.25 bits per heavy atom. The van der Waals surface area contributed by atoms with E-state index in [1.165, 1.54) is 0 Å². The largest absolute Gasteiger partial charge is 0.497 e. The monoisotopic (exact) mass is 535 g/mol. The van der Waals surface area contributed by atoms with Gasteiger partial charge in [-0.25, -0.2) is 9.78 Å². The number of H-pyrrole nitrogens is 1. The van der Waals surface area contributed by atoms with E-state index in [-0.39, 0.29) is 11.6 Å². The van der Waals surface area contributed by atoms with Gasteiger partial charge in [-0.2, -0.15) is 0 Å². The summed E-state index contributed by atoms with van der Waals surface area (Å²) in [6.45, 7) is 0. The number of aromatic amines is 1. The Morgan fingerprint density at radius 2 is 1.60 bits per heavy atom. The molecule has 2 aliphatic carbocycles. The van der Waals surface area contributed by atoms with E-state index in [0.29, 0.717) is 48.3 Å². The first kappa shape index (κ1) is 25.6. The lowest BCUT2D eigenvalue weighted by Crippen LogP contribution is -2.33. The molecule has 4 aromatic rings. The first-order valence-corrected chi connectivity index (χ1v) is 13.5. The zero-order chi connectivity index (χ0) is 27.6. The number of nitrogens with one attached hydrogen (secondary N) is 2. The number of carbonyl (C=O) groups excluding carboxylic acids is 3. The van der Waals surface area contributed by atoms with Crippen molar-refractivity contribution in [3.05, 3.63) is 77.9 Å². The lowest BCUT2D eigenvalue weighted by atomic mass is 9.85. The molecule has 0 saturated heterocycles. The fourth-order valence-electron chi connectivity index (χ4n) is 5.47. The predicted molar refractivity (Wildman–Crippen MR) is 153 cm³/mol. The van der Waals surface area contributed by atoms with Crippen molar-refractivity contribution in [2.24, 2.45) is 0 Å². The topological polar surface area (TPSA) is 110 Å². The number of hydrogen-bond acceptors (Lipinski definition) is 6. The normalized spacial score (nSPS) is 15.8. The number of allylic oxidation sites excluding steroid dienone is 2. The molecule has 8 heteroatoms. The zero-order valence-electron chi connectivity index (χ0n) is 22.2. The number of rotatable bonds is 6. The third-order valence-corrected chi connectivity index (χ3v) is 7.47. The minimum Gasteiger partial charge on any atom is -0.497 e. The number of benzene rings is 2. The van der Waals surface area contributed by atoms with Crippen LogP contribution in [0, 0.1) is 0 Å². The summed E-state index contributed by atoms with van der Waals surface area (Å²) in [7, 11) is 1.61. The number of para-hydroxylation sites is 1. The summed E-state index contributed by atoms with van der Waals surface area (Å²) in [5.41, 5.74) is 4.02. The molecule has 0 aliphatic heterocycles. The standard InChI is InChI=1S/C32H29N3O5/c1-39-20-16-14-19(15-17-20)29-30-24(21-8-2-5-11-25(21)33-30)18-28(34-29)35-32(38)40-31(22-9-3-6-12-26(22)36)23-10-4-7-13-27(23)37/h2,5,8-11,14-18,31,33H,3-4,6-7,12-13H2,1H3,(H,34,35,38). The summed E-state index contributed by atoms with van der Waals surface area (Å²) in [6, 6.07) is 17.2. The molecular weight excluding hydrogens is 506 g/mol. The summed E-state index contributed by atoms with van der Waals surface area (Å²) >= 11 is 0. The van der Waals surface area contributed by atoms with Crippen LogP contribution in [0.3, 0.4) is 0 Å². The number of carbonyl (C=O) groups is 3. The van der Waals surface area contributed by atoms with Crippen molar-refractivity contribution in [2.75, 3.05) is 12.4 Å². The van der Waals surface area contributed by atoms with Crippen molar-refractivity contribution in [3.8, 4) is 17.0 Å². The van der Waals surface area contributed by atoms with Crippen LogP contribution in [0.4, 0.5) is 10.6 Å². The maximum atomic E-state index is 13.3. The van der Waals surface area contributed by atoms with Crippen molar-refractivity contribution in [3.63, 3.8) is 0 Å². The minimum atomic E-state index is -1.03. The van der Waals surface area contributed by atoms with E-state index < -0.39 is 12.2 Å². The Bertz CT molecular complexity index is 1660. The molecule has 2 aliphatic rings. The predicted octanol–water partition coefficient (Wildman–Crippen LogP) is 6.67. The van der Waals surface area contributed by atoms with Crippen LogP contribution in [0.2, 0.25) is 0 Å². The molecule has 0 unspecified atom stereocenters. The van der Waals surface area contributed by atoms with Gasteiger partial charge in [0.25, 0.3) is 0 Å². The highest BCUT2D eigenvalue weighted by Gasteiger charge is 2.33. The summed E-state index contributed by atoms with van der Waals surface area (Å²) < 4.78 is 11.1. The van der Waals surface area contributed by atoms with Gasteiger partial charge in [0.2, 0.25) is 0 Å². The van der Waals surface area contributed by atoms with Crippen LogP contribution in [0.15, 0.2) is 77.9 Å². The number of nitrogens with zero attached hydrogens (tertiary/aromatic N) is 1. The van der Waals surface area contributed by atoms with Gasteiger partial charge < -0.3 is 14.5 Å². The Balaban J connectivity index is 1.37.